The van der Waals surface area contributed by atoms with Crippen molar-refractivity contribution in [2.45, 2.75) is 117 Å². The van der Waals surface area contributed by atoms with Crippen LogP contribution in [0.15, 0.2) is 0 Å². The number of carboxylic acid groups (broad SMARTS) is 1. The van der Waals surface area contributed by atoms with Crippen LogP contribution in [0.25, 0.3) is 0 Å². The van der Waals surface area contributed by atoms with Crippen molar-refractivity contribution < 1.29 is 14.7 Å². The number of hydrogen-bond donors (Lipinski definition) is 1. The van der Waals surface area contributed by atoms with E-state index in [2.05, 4.69) is 12.2 Å². The van der Waals surface area contributed by atoms with E-state index >= 15 is 0 Å². The highest BCUT2D eigenvalue weighted by atomic mass is 16.4. The SMILES string of the molecule is CC(=O)NCCCCCC(=O)[O-].CCCCCCCC1CCCCCC1. The van der Waals surface area contributed by atoms with Crippen molar-refractivity contribution in [1.29, 1.82) is 0 Å². The number of hydrogen-bond acceptors (Lipinski definition) is 3. The predicted molar refractivity (Wildman–Crippen MR) is 107 cm³/mol. The zero-order valence-electron chi connectivity index (χ0n) is 17.3. The van der Waals surface area contributed by atoms with E-state index in [0.29, 0.717) is 13.0 Å². The molecule has 1 rings (SSSR count). The Labute approximate surface area is 161 Å². The lowest BCUT2D eigenvalue weighted by Gasteiger charge is -2.13. The average molecular weight is 369 g/mol. The van der Waals surface area contributed by atoms with Gasteiger partial charge in [0.15, 0.2) is 0 Å². The molecule has 0 radical (unpaired) electrons. The quantitative estimate of drug-likeness (QED) is 0.399. The van der Waals surface area contributed by atoms with Crippen LogP contribution in [0.3, 0.4) is 0 Å². The topological polar surface area (TPSA) is 69.2 Å². The molecule has 1 fully saturated rings. The maximum Gasteiger partial charge on any atom is 0.216 e. The minimum absolute atomic E-state index is 0.0464. The summed E-state index contributed by atoms with van der Waals surface area (Å²) >= 11 is 0. The maximum atomic E-state index is 10.4. The van der Waals surface area contributed by atoms with Crippen molar-refractivity contribution in [3.8, 4) is 0 Å². The van der Waals surface area contributed by atoms with Crippen LogP contribution >= 0.6 is 0 Å². The van der Waals surface area contributed by atoms with Crippen LogP contribution in [0, 0.1) is 5.92 Å². The standard InChI is InChI=1S/C14H28.C8H15NO3/c1-2-3-4-5-8-11-14-12-9-6-7-10-13-14;1-7(10)9-6-4-2-3-5-8(11)12/h14H,2-13H2,1H3;2-6H2,1H3,(H,9,10)(H,11,12)/p-1. The molecule has 0 aliphatic heterocycles. The van der Waals surface area contributed by atoms with Gasteiger partial charge < -0.3 is 15.2 Å². The number of carbonyl (C=O) groups is 2. The molecule has 1 amide bonds. The molecule has 1 aliphatic rings. The Morgan fingerprint density at radius 3 is 2.08 bits per heavy atom. The molecule has 0 spiro atoms. The fraction of sp³-hybridized carbons (Fsp3) is 0.909. The van der Waals surface area contributed by atoms with Crippen molar-refractivity contribution in [3.63, 3.8) is 0 Å². The monoisotopic (exact) mass is 368 g/mol. The summed E-state index contributed by atoms with van der Waals surface area (Å²) in [6.07, 6.45) is 20.3. The highest BCUT2D eigenvalue weighted by Gasteiger charge is 2.11. The van der Waals surface area contributed by atoms with Crippen LogP contribution in [0.2, 0.25) is 0 Å². The summed E-state index contributed by atoms with van der Waals surface area (Å²) in [5, 5.41) is 12.6. The second-order valence-corrected chi connectivity index (χ2v) is 7.73. The second-order valence-electron chi connectivity index (χ2n) is 7.73. The molecule has 0 aromatic heterocycles. The van der Waals surface area contributed by atoms with Gasteiger partial charge in [0.05, 0.1) is 0 Å². The molecule has 1 N–H and O–H groups in total. The molecular weight excluding hydrogens is 326 g/mol. The zero-order chi connectivity index (χ0) is 19.5. The van der Waals surface area contributed by atoms with Gasteiger partial charge in [0.25, 0.3) is 0 Å². The average Bonchev–Trinajstić information content (AvgIpc) is 2.87. The number of carboxylic acids is 1. The van der Waals surface area contributed by atoms with Gasteiger partial charge in [-0.1, -0.05) is 90.4 Å². The summed E-state index contributed by atoms with van der Waals surface area (Å²) in [6.45, 7) is 4.38. The lowest BCUT2D eigenvalue weighted by atomic mass is 9.93. The van der Waals surface area contributed by atoms with Crippen LogP contribution < -0.4 is 10.4 Å². The summed E-state index contributed by atoms with van der Waals surface area (Å²) in [5.41, 5.74) is 0. The van der Waals surface area contributed by atoms with Gasteiger partial charge in [-0.2, -0.15) is 0 Å². The molecular formula is C22H42NO3-. The molecule has 0 heterocycles. The highest BCUT2D eigenvalue weighted by Crippen LogP contribution is 2.27. The first-order valence-electron chi connectivity index (χ1n) is 11.0. The van der Waals surface area contributed by atoms with Crippen LogP contribution in [-0.2, 0) is 9.59 Å². The summed E-state index contributed by atoms with van der Waals surface area (Å²) in [4.78, 5) is 20.3. The van der Waals surface area contributed by atoms with Crippen molar-refractivity contribution in [3.05, 3.63) is 0 Å². The van der Waals surface area contributed by atoms with Crippen LogP contribution in [0.1, 0.15) is 117 Å². The van der Waals surface area contributed by atoms with E-state index in [1.54, 1.807) is 0 Å². The summed E-state index contributed by atoms with van der Waals surface area (Å²) < 4.78 is 0. The minimum atomic E-state index is -1.01. The van der Waals surface area contributed by atoms with Crippen LogP contribution in [-0.4, -0.2) is 18.4 Å². The molecule has 0 atom stereocenters. The largest absolute Gasteiger partial charge is 0.550 e. The number of nitrogens with one attached hydrogen (secondary N) is 1. The lowest BCUT2D eigenvalue weighted by molar-refractivity contribution is -0.305. The Bertz CT molecular complexity index is 318. The maximum absolute atomic E-state index is 10.4. The molecule has 0 aromatic carbocycles. The van der Waals surface area contributed by atoms with Crippen LogP contribution in [0.5, 0.6) is 0 Å². The van der Waals surface area contributed by atoms with E-state index in [1.807, 2.05) is 0 Å². The molecule has 1 saturated carbocycles. The number of carbonyl (C=O) groups excluding carboxylic acids is 2. The van der Waals surface area contributed by atoms with E-state index in [0.717, 1.165) is 18.8 Å². The summed E-state index contributed by atoms with van der Waals surface area (Å²) in [7, 11) is 0. The van der Waals surface area contributed by atoms with Crippen molar-refractivity contribution >= 4 is 11.9 Å². The lowest BCUT2D eigenvalue weighted by Crippen LogP contribution is -2.22. The Kier molecular flexibility index (Phi) is 18.0. The molecule has 0 aromatic rings. The first kappa shape index (κ1) is 24.9. The molecule has 26 heavy (non-hydrogen) atoms. The number of unbranched alkanes of at least 4 members (excludes halogenated alkanes) is 6. The summed E-state index contributed by atoms with van der Waals surface area (Å²) in [6, 6.07) is 0. The molecule has 4 nitrogen and oxygen atoms in total. The molecule has 1 aliphatic carbocycles. The second kappa shape index (κ2) is 18.7. The van der Waals surface area contributed by atoms with E-state index in [4.69, 9.17) is 0 Å². The fourth-order valence-electron chi connectivity index (χ4n) is 3.52. The Morgan fingerprint density at radius 1 is 0.885 bits per heavy atom. The Morgan fingerprint density at radius 2 is 1.50 bits per heavy atom. The molecule has 0 bridgehead atoms. The number of amides is 1. The Hall–Kier alpha value is -1.06. The predicted octanol–water partition coefficient (Wildman–Crippen LogP) is 4.75. The smallest absolute Gasteiger partial charge is 0.216 e. The fourth-order valence-corrected chi connectivity index (χ4v) is 3.52. The van der Waals surface area contributed by atoms with Gasteiger partial charge >= 0.3 is 0 Å². The van der Waals surface area contributed by atoms with E-state index < -0.39 is 5.97 Å². The third-order valence-corrected chi connectivity index (χ3v) is 5.12. The van der Waals surface area contributed by atoms with E-state index in [-0.39, 0.29) is 12.3 Å². The third kappa shape index (κ3) is 19.3. The van der Waals surface area contributed by atoms with Gasteiger partial charge in [-0.25, -0.2) is 0 Å². The van der Waals surface area contributed by atoms with Gasteiger partial charge in [0.2, 0.25) is 5.91 Å². The van der Waals surface area contributed by atoms with E-state index in [1.165, 1.54) is 84.0 Å². The van der Waals surface area contributed by atoms with Crippen molar-refractivity contribution in [1.82, 2.24) is 5.32 Å². The number of rotatable bonds is 12. The van der Waals surface area contributed by atoms with Crippen molar-refractivity contribution in [2.24, 2.45) is 5.92 Å². The first-order chi connectivity index (χ1) is 12.6. The highest BCUT2D eigenvalue weighted by molar-refractivity contribution is 5.72. The number of aliphatic carboxylic acids is 1. The van der Waals surface area contributed by atoms with Gasteiger partial charge in [0, 0.05) is 19.4 Å². The molecule has 154 valence electrons. The van der Waals surface area contributed by atoms with Gasteiger partial charge in [0.1, 0.15) is 0 Å². The molecule has 0 saturated heterocycles. The summed E-state index contributed by atoms with van der Waals surface area (Å²) in [5.74, 6) is 0.0450. The normalized spacial score (nSPS) is 14.8. The molecule has 0 unspecified atom stereocenters. The minimum Gasteiger partial charge on any atom is -0.550 e. The Balaban J connectivity index is 0.000000488. The zero-order valence-corrected chi connectivity index (χ0v) is 17.3. The molecule has 4 heteroatoms. The third-order valence-electron chi connectivity index (χ3n) is 5.12. The van der Waals surface area contributed by atoms with Crippen LogP contribution in [0.4, 0.5) is 0 Å². The van der Waals surface area contributed by atoms with Gasteiger partial charge in [-0.15, -0.1) is 0 Å². The van der Waals surface area contributed by atoms with Gasteiger partial charge in [-0.3, -0.25) is 4.79 Å². The van der Waals surface area contributed by atoms with E-state index in [9.17, 15) is 14.7 Å². The first-order valence-corrected chi connectivity index (χ1v) is 11.0. The van der Waals surface area contributed by atoms with Crippen molar-refractivity contribution in [2.75, 3.05) is 6.54 Å². The van der Waals surface area contributed by atoms with Gasteiger partial charge in [-0.05, 0) is 25.2 Å².